The van der Waals surface area contributed by atoms with Crippen LogP contribution >= 0.6 is 0 Å². The topological polar surface area (TPSA) is 142 Å². The maximum atomic E-state index is 12.7. The van der Waals surface area contributed by atoms with E-state index in [0.717, 1.165) is 70.6 Å². The summed E-state index contributed by atoms with van der Waals surface area (Å²) in [5.41, 5.74) is 0. The average Bonchev–Trinajstić information content (AvgIpc) is 3.08. The molecule has 0 radical (unpaired) electrons. The Morgan fingerprint density at radius 2 is 1.06 bits per heavy atom. The number of rotatable bonds is 36. The van der Waals surface area contributed by atoms with Gasteiger partial charge in [-0.05, 0) is 57.8 Å². The first-order valence-corrected chi connectivity index (χ1v) is 20.1. The van der Waals surface area contributed by atoms with E-state index < -0.39 is 24.5 Å². The average molecular weight is 695 g/mol. The van der Waals surface area contributed by atoms with Gasteiger partial charge in [0.25, 0.3) is 0 Å². The van der Waals surface area contributed by atoms with Crippen LogP contribution in [0, 0.1) is 0 Å². The first kappa shape index (κ1) is 46.6. The predicted octanol–water partition coefficient (Wildman–Crippen LogP) is 9.09. The summed E-state index contributed by atoms with van der Waals surface area (Å²) in [6.45, 7) is 3.46. The van der Waals surface area contributed by atoms with Crippen LogP contribution in [-0.2, 0) is 23.9 Å². The lowest BCUT2D eigenvalue weighted by Gasteiger charge is -2.18. The number of ether oxygens (including phenoxy) is 1. The molecule has 0 rings (SSSR count). The lowest BCUT2D eigenvalue weighted by atomic mass is 10.0. The van der Waals surface area contributed by atoms with Crippen molar-refractivity contribution >= 4 is 23.8 Å². The number of unbranched alkanes of at least 4 members (excludes halogenated alkanes) is 20. The zero-order valence-electron chi connectivity index (χ0n) is 31.5. The number of carboxylic acids is 1. The van der Waals surface area contributed by atoms with Gasteiger partial charge in [0.2, 0.25) is 11.8 Å². The van der Waals surface area contributed by atoms with Gasteiger partial charge in [0.1, 0.15) is 12.1 Å². The molecule has 2 unspecified atom stereocenters. The number of allylic oxidation sites excluding steroid dienone is 2. The molecular weight excluding hydrogens is 620 g/mol. The van der Waals surface area contributed by atoms with Crippen LogP contribution in [0.3, 0.4) is 0 Å². The highest BCUT2D eigenvalue weighted by Gasteiger charge is 2.19. The number of carbonyl (C=O) groups excluding carboxylic acids is 3. The highest BCUT2D eigenvalue weighted by molar-refractivity contribution is 5.87. The molecule has 0 bridgehead atoms. The zero-order chi connectivity index (χ0) is 36.2. The Kier molecular flexibility index (Phi) is 33.7. The van der Waals surface area contributed by atoms with Crippen LogP contribution in [0.2, 0.25) is 0 Å². The number of amides is 2. The summed E-state index contributed by atoms with van der Waals surface area (Å²) in [5, 5.41) is 22.5. The molecule has 4 N–H and O–H groups in total. The molecule has 0 aromatic carbocycles. The molecule has 0 fully saturated rings. The molecule has 0 aliphatic rings. The number of nitrogens with one attached hydrogen (secondary N) is 2. The Morgan fingerprint density at radius 3 is 1.61 bits per heavy atom. The SMILES string of the molecule is CCCCCCCC/C=C\CCCC(CCCCCCCC(=O)NCC(=O)NC(CO)C(=O)O)OC(=O)CCCCCCCCCCCC. The second-order valence-electron chi connectivity index (χ2n) is 13.7. The lowest BCUT2D eigenvalue weighted by molar-refractivity contribution is -0.150. The molecule has 0 aliphatic heterocycles. The fraction of sp³-hybridized carbons (Fsp3) is 0.850. The summed E-state index contributed by atoms with van der Waals surface area (Å²) in [7, 11) is 0. The number of hydrogen-bond donors (Lipinski definition) is 4. The monoisotopic (exact) mass is 695 g/mol. The van der Waals surface area contributed by atoms with Crippen molar-refractivity contribution in [2.45, 2.75) is 206 Å². The highest BCUT2D eigenvalue weighted by atomic mass is 16.5. The van der Waals surface area contributed by atoms with Crippen molar-refractivity contribution in [3.8, 4) is 0 Å². The fourth-order valence-electron chi connectivity index (χ4n) is 5.89. The van der Waals surface area contributed by atoms with E-state index in [1.807, 2.05) is 0 Å². The standard InChI is InChI=1S/C40H74N2O7/c1-3-5-7-9-11-13-15-16-18-21-25-29-35(49-39(46)32-28-24-19-17-14-12-10-8-6-4-2)30-26-22-20-23-27-31-37(44)41-33-38(45)42-36(34-43)40(47)48/h16,18,35-36,43H,3-15,17,19-34H2,1-2H3,(H,41,44)(H,42,45)(H,47,48)/b18-16-. The van der Waals surface area contributed by atoms with E-state index >= 15 is 0 Å². The van der Waals surface area contributed by atoms with Gasteiger partial charge in [-0.2, -0.15) is 0 Å². The van der Waals surface area contributed by atoms with Gasteiger partial charge in [0.05, 0.1) is 13.2 Å². The van der Waals surface area contributed by atoms with Crippen LogP contribution in [0.5, 0.6) is 0 Å². The number of hydrogen-bond acceptors (Lipinski definition) is 6. The largest absolute Gasteiger partial charge is 0.480 e. The van der Waals surface area contributed by atoms with Gasteiger partial charge in [-0.25, -0.2) is 4.79 Å². The van der Waals surface area contributed by atoms with Crippen molar-refractivity contribution in [3.05, 3.63) is 12.2 Å². The Morgan fingerprint density at radius 1 is 0.592 bits per heavy atom. The molecule has 2 amide bonds. The van der Waals surface area contributed by atoms with Gasteiger partial charge < -0.3 is 25.6 Å². The van der Waals surface area contributed by atoms with E-state index in [4.69, 9.17) is 14.9 Å². The van der Waals surface area contributed by atoms with Crippen LogP contribution in [0.15, 0.2) is 12.2 Å². The number of carbonyl (C=O) groups is 4. The lowest BCUT2D eigenvalue weighted by Crippen LogP contribution is -2.47. The molecule has 0 saturated carbocycles. The Balaban J connectivity index is 4.32. The van der Waals surface area contributed by atoms with E-state index in [1.165, 1.54) is 89.9 Å². The Labute approximate surface area is 299 Å². The van der Waals surface area contributed by atoms with E-state index in [0.29, 0.717) is 19.3 Å². The molecule has 49 heavy (non-hydrogen) atoms. The molecule has 2 atom stereocenters. The zero-order valence-corrected chi connectivity index (χ0v) is 31.5. The third-order valence-electron chi connectivity index (χ3n) is 9.01. The fourth-order valence-corrected chi connectivity index (χ4v) is 5.89. The van der Waals surface area contributed by atoms with E-state index in [-0.39, 0.29) is 24.5 Å². The smallest absolute Gasteiger partial charge is 0.328 e. The van der Waals surface area contributed by atoms with Gasteiger partial charge in [-0.1, -0.05) is 135 Å². The molecule has 0 spiro atoms. The second kappa shape index (κ2) is 35.4. The van der Waals surface area contributed by atoms with Crippen molar-refractivity contribution in [1.82, 2.24) is 10.6 Å². The van der Waals surface area contributed by atoms with Crippen molar-refractivity contribution < 1.29 is 34.1 Å². The number of aliphatic carboxylic acids is 1. The number of aliphatic hydroxyl groups excluding tert-OH is 1. The molecule has 286 valence electrons. The van der Waals surface area contributed by atoms with Crippen molar-refractivity contribution in [2.75, 3.05) is 13.2 Å². The van der Waals surface area contributed by atoms with Gasteiger partial charge in [0.15, 0.2) is 0 Å². The number of aliphatic hydroxyl groups is 1. The summed E-state index contributed by atoms with van der Waals surface area (Å²) in [6.07, 6.45) is 35.2. The van der Waals surface area contributed by atoms with Crippen molar-refractivity contribution in [2.24, 2.45) is 0 Å². The first-order valence-electron chi connectivity index (χ1n) is 20.1. The molecule has 0 heterocycles. The first-order chi connectivity index (χ1) is 23.8. The normalized spacial score (nSPS) is 12.6. The molecule has 9 heteroatoms. The summed E-state index contributed by atoms with van der Waals surface area (Å²) in [5.74, 6) is -2.31. The Bertz CT molecular complexity index is 848. The minimum atomic E-state index is -1.38. The molecule has 0 aromatic heterocycles. The van der Waals surface area contributed by atoms with E-state index in [1.54, 1.807) is 0 Å². The maximum Gasteiger partial charge on any atom is 0.328 e. The van der Waals surface area contributed by atoms with Crippen molar-refractivity contribution in [1.29, 1.82) is 0 Å². The van der Waals surface area contributed by atoms with Crippen LogP contribution in [0.25, 0.3) is 0 Å². The van der Waals surface area contributed by atoms with E-state index in [2.05, 4.69) is 36.6 Å². The molecule has 0 aliphatic carbocycles. The molecule has 0 saturated heterocycles. The van der Waals surface area contributed by atoms with Crippen LogP contribution in [0.4, 0.5) is 0 Å². The number of carboxylic acid groups (broad SMARTS) is 1. The maximum absolute atomic E-state index is 12.7. The van der Waals surface area contributed by atoms with Crippen molar-refractivity contribution in [3.63, 3.8) is 0 Å². The Hall–Kier alpha value is -2.42. The minimum Gasteiger partial charge on any atom is -0.480 e. The predicted molar refractivity (Wildman–Crippen MR) is 199 cm³/mol. The summed E-state index contributed by atoms with van der Waals surface area (Å²) in [6, 6.07) is -1.38. The van der Waals surface area contributed by atoms with Gasteiger partial charge >= 0.3 is 11.9 Å². The van der Waals surface area contributed by atoms with Gasteiger partial charge in [0, 0.05) is 12.8 Å². The molecule has 9 nitrogen and oxygen atoms in total. The third-order valence-corrected chi connectivity index (χ3v) is 9.01. The van der Waals surface area contributed by atoms with E-state index in [9.17, 15) is 19.2 Å². The van der Waals surface area contributed by atoms with Gasteiger partial charge in [-0.3, -0.25) is 14.4 Å². The molecule has 0 aromatic rings. The van der Waals surface area contributed by atoms with Crippen LogP contribution < -0.4 is 10.6 Å². The summed E-state index contributed by atoms with van der Waals surface area (Å²) in [4.78, 5) is 47.4. The van der Waals surface area contributed by atoms with Crippen LogP contribution in [-0.4, -0.2) is 59.3 Å². The minimum absolute atomic E-state index is 0.0360. The second-order valence-corrected chi connectivity index (χ2v) is 13.7. The summed E-state index contributed by atoms with van der Waals surface area (Å²) >= 11 is 0. The number of esters is 1. The third kappa shape index (κ3) is 32.5. The highest BCUT2D eigenvalue weighted by Crippen LogP contribution is 2.18. The van der Waals surface area contributed by atoms with Crippen LogP contribution in [0.1, 0.15) is 194 Å². The molecular formula is C40H74N2O7. The summed E-state index contributed by atoms with van der Waals surface area (Å²) < 4.78 is 5.98. The quantitative estimate of drug-likeness (QED) is 0.0291. The van der Waals surface area contributed by atoms with Gasteiger partial charge in [-0.15, -0.1) is 0 Å².